The summed E-state index contributed by atoms with van der Waals surface area (Å²) in [4.78, 5) is 40.3. The molecule has 2 heterocycles. The third-order valence-electron chi connectivity index (χ3n) is 6.45. The van der Waals surface area contributed by atoms with Crippen LogP contribution in [-0.2, 0) is 11.3 Å². The molecular weight excluding hydrogens is 374 g/mol. The molecule has 0 atom stereocenters. The van der Waals surface area contributed by atoms with Gasteiger partial charge in [0.05, 0.1) is 5.52 Å². The Kier molecular flexibility index (Phi) is 5.99. The number of nitrogens with zero attached hydrogens (tertiary/aromatic N) is 1. The fraction of sp³-hybridized carbons (Fsp3) is 0.667. The van der Waals surface area contributed by atoms with Gasteiger partial charge in [-0.1, -0.05) is 25.7 Å². The first-order valence-corrected chi connectivity index (χ1v) is 11.5. The number of H-pyrrole nitrogens is 1. The predicted octanol–water partition coefficient (Wildman–Crippen LogP) is 3.40. The SMILES string of the molecule is O=C(NC1CCCCCC1)C1CCC(Cn2c(=O)[nH]c3ccsc3c2=O)CC1. The zero-order valence-corrected chi connectivity index (χ0v) is 17.1. The van der Waals surface area contributed by atoms with E-state index in [1.807, 2.05) is 5.38 Å². The maximum atomic E-state index is 12.6. The van der Waals surface area contributed by atoms with E-state index in [9.17, 15) is 14.4 Å². The summed E-state index contributed by atoms with van der Waals surface area (Å²) in [6.07, 6.45) is 10.7. The lowest BCUT2D eigenvalue weighted by Crippen LogP contribution is -2.41. The van der Waals surface area contributed by atoms with Gasteiger partial charge in [0.25, 0.3) is 5.56 Å². The molecule has 152 valence electrons. The highest BCUT2D eigenvalue weighted by molar-refractivity contribution is 7.17. The van der Waals surface area contributed by atoms with Gasteiger partial charge >= 0.3 is 5.69 Å². The van der Waals surface area contributed by atoms with E-state index in [-0.39, 0.29) is 29.0 Å². The fourth-order valence-electron chi connectivity index (χ4n) is 4.74. The van der Waals surface area contributed by atoms with Crippen LogP contribution >= 0.6 is 11.3 Å². The fourth-order valence-corrected chi connectivity index (χ4v) is 5.54. The van der Waals surface area contributed by atoms with Crippen molar-refractivity contribution in [3.05, 3.63) is 32.3 Å². The van der Waals surface area contributed by atoms with Crippen molar-refractivity contribution in [3.8, 4) is 0 Å². The minimum atomic E-state index is -0.330. The number of fused-ring (bicyclic) bond motifs is 1. The lowest BCUT2D eigenvalue weighted by molar-refractivity contribution is -0.127. The summed E-state index contributed by atoms with van der Waals surface area (Å²) in [5.41, 5.74) is 0.0984. The summed E-state index contributed by atoms with van der Waals surface area (Å²) in [6.45, 7) is 0.443. The van der Waals surface area contributed by atoms with Gasteiger partial charge in [0.15, 0.2) is 0 Å². The van der Waals surface area contributed by atoms with Crippen molar-refractivity contribution in [2.45, 2.75) is 76.8 Å². The number of carbonyl (C=O) groups excluding carboxylic acids is 1. The average molecular weight is 404 g/mol. The molecule has 2 aromatic heterocycles. The number of hydrogen-bond donors (Lipinski definition) is 2. The standard InChI is InChI=1S/C21H29N3O3S/c25-19(22-16-5-3-1-2-4-6-16)15-9-7-14(8-10-15)13-24-20(26)18-17(11-12-28-18)23-21(24)27/h11-12,14-16H,1-10,13H2,(H,22,25)(H,23,27). The van der Waals surface area contributed by atoms with Crippen molar-refractivity contribution in [3.63, 3.8) is 0 Å². The lowest BCUT2D eigenvalue weighted by Gasteiger charge is -2.29. The van der Waals surface area contributed by atoms with Crippen LogP contribution in [0.15, 0.2) is 21.0 Å². The molecule has 2 N–H and O–H groups in total. The highest BCUT2D eigenvalue weighted by Crippen LogP contribution is 2.30. The first-order valence-electron chi connectivity index (χ1n) is 10.6. The number of rotatable bonds is 4. The second-order valence-electron chi connectivity index (χ2n) is 8.42. The van der Waals surface area contributed by atoms with Gasteiger partial charge < -0.3 is 10.3 Å². The van der Waals surface area contributed by atoms with Gasteiger partial charge in [-0.05, 0) is 55.9 Å². The van der Waals surface area contributed by atoms with Crippen molar-refractivity contribution in [1.29, 1.82) is 0 Å². The van der Waals surface area contributed by atoms with E-state index < -0.39 is 0 Å². The second kappa shape index (κ2) is 8.64. The molecular formula is C21H29N3O3S. The molecule has 0 radical (unpaired) electrons. The van der Waals surface area contributed by atoms with Crippen LogP contribution in [0, 0.1) is 11.8 Å². The molecule has 0 spiro atoms. The Balaban J connectivity index is 1.34. The molecule has 0 unspecified atom stereocenters. The Hall–Kier alpha value is -1.89. The molecule has 0 aromatic carbocycles. The Morgan fingerprint density at radius 3 is 2.50 bits per heavy atom. The molecule has 2 aliphatic rings. The zero-order chi connectivity index (χ0) is 19.5. The molecule has 0 saturated heterocycles. The van der Waals surface area contributed by atoms with Crippen molar-refractivity contribution >= 4 is 27.5 Å². The normalized spacial score (nSPS) is 24.1. The Morgan fingerprint density at radius 2 is 1.79 bits per heavy atom. The molecule has 0 aliphatic heterocycles. The summed E-state index contributed by atoms with van der Waals surface area (Å²) in [5.74, 6) is 0.563. The summed E-state index contributed by atoms with van der Waals surface area (Å²) in [7, 11) is 0. The van der Waals surface area contributed by atoms with Crippen molar-refractivity contribution in [1.82, 2.24) is 14.9 Å². The van der Waals surface area contributed by atoms with Gasteiger partial charge in [0.2, 0.25) is 5.91 Å². The minimum Gasteiger partial charge on any atom is -0.353 e. The largest absolute Gasteiger partial charge is 0.353 e. The third kappa shape index (κ3) is 4.24. The van der Waals surface area contributed by atoms with Crippen molar-refractivity contribution in [2.24, 2.45) is 11.8 Å². The smallest absolute Gasteiger partial charge is 0.328 e. The molecule has 1 amide bonds. The highest BCUT2D eigenvalue weighted by atomic mass is 32.1. The summed E-state index contributed by atoms with van der Waals surface area (Å²) >= 11 is 1.36. The topological polar surface area (TPSA) is 84.0 Å². The molecule has 4 rings (SSSR count). The van der Waals surface area contributed by atoms with Gasteiger partial charge in [0, 0.05) is 18.5 Å². The predicted molar refractivity (Wildman–Crippen MR) is 112 cm³/mol. The number of nitrogens with one attached hydrogen (secondary N) is 2. The van der Waals surface area contributed by atoms with Gasteiger partial charge in [-0.15, -0.1) is 11.3 Å². The van der Waals surface area contributed by atoms with E-state index in [2.05, 4.69) is 10.3 Å². The van der Waals surface area contributed by atoms with E-state index >= 15 is 0 Å². The highest BCUT2D eigenvalue weighted by Gasteiger charge is 2.28. The number of hydrogen-bond acceptors (Lipinski definition) is 4. The first kappa shape index (κ1) is 19.4. The van der Waals surface area contributed by atoms with E-state index in [4.69, 9.17) is 0 Å². The van der Waals surface area contributed by atoms with Crippen LogP contribution in [0.25, 0.3) is 10.2 Å². The number of aromatic amines is 1. The van der Waals surface area contributed by atoms with Crippen LogP contribution in [0.3, 0.4) is 0 Å². The van der Waals surface area contributed by atoms with Crippen LogP contribution in [0.4, 0.5) is 0 Å². The number of carbonyl (C=O) groups is 1. The summed E-state index contributed by atoms with van der Waals surface area (Å²) in [6, 6.07) is 2.12. The lowest BCUT2D eigenvalue weighted by atomic mass is 9.81. The minimum absolute atomic E-state index is 0.0780. The molecule has 28 heavy (non-hydrogen) atoms. The number of amides is 1. The van der Waals surface area contributed by atoms with Crippen LogP contribution in [-0.4, -0.2) is 21.5 Å². The Bertz CT molecular complexity index is 928. The molecule has 6 nitrogen and oxygen atoms in total. The molecule has 2 aliphatic carbocycles. The maximum absolute atomic E-state index is 12.6. The quantitative estimate of drug-likeness (QED) is 0.768. The van der Waals surface area contributed by atoms with E-state index in [1.54, 1.807) is 6.07 Å². The molecule has 2 saturated carbocycles. The Labute approximate surface area is 168 Å². The maximum Gasteiger partial charge on any atom is 0.328 e. The van der Waals surface area contributed by atoms with E-state index in [0.29, 0.717) is 22.8 Å². The van der Waals surface area contributed by atoms with Crippen LogP contribution in [0.2, 0.25) is 0 Å². The van der Waals surface area contributed by atoms with Crippen LogP contribution in [0.5, 0.6) is 0 Å². The van der Waals surface area contributed by atoms with Crippen molar-refractivity contribution in [2.75, 3.05) is 0 Å². The summed E-state index contributed by atoms with van der Waals surface area (Å²) in [5, 5.41) is 5.10. The van der Waals surface area contributed by atoms with Crippen LogP contribution in [0.1, 0.15) is 64.2 Å². The number of thiophene rings is 1. The summed E-state index contributed by atoms with van der Waals surface area (Å²) < 4.78 is 1.95. The third-order valence-corrected chi connectivity index (χ3v) is 7.35. The van der Waals surface area contributed by atoms with E-state index in [1.165, 1.54) is 41.6 Å². The van der Waals surface area contributed by atoms with Gasteiger partial charge in [-0.3, -0.25) is 14.2 Å². The molecule has 2 aromatic rings. The monoisotopic (exact) mass is 403 g/mol. The van der Waals surface area contributed by atoms with Gasteiger partial charge in [-0.25, -0.2) is 4.79 Å². The van der Waals surface area contributed by atoms with Gasteiger partial charge in [0.1, 0.15) is 4.70 Å². The number of aromatic nitrogens is 2. The Morgan fingerprint density at radius 1 is 1.07 bits per heavy atom. The molecule has 2 fully saturated rings. The van der Waals surface area contributed by atoms with E-state index in [0.717, 1.165) is 38.5 Å². The van der Waals surface area contributed by atoms with Crippen LogP contribution < -0.4 is 16.6 Å². The second-order valence-corrected chi connectivity index (χ2v) is 9.34. The zero-order valence-electron chi connectivity index (χ0n) is 16.2. The van der Waals surface area contributed by atoms with Gasteiger partial charge in [-0.2, -0.15) is 0 Å². The van der Waals surface area contributed by atoms with Crippen molar-refractivity contribution < 1.29 is 4.79 Å². The average Bonchev–Trinajstić information content (AvgIpc) is 3.01. The first-order chi connectivity index (χ1) is 13.6. The molecule has 0 bridgehead atoms. The molecule has 7 heteroatoms.